The third-order valence-corrected chi connectivity index (χ3v) is 4.76. The molecule has 0 saturated heterocycles. The van der Waals surface area contributed by atoms with Crippen molar-refractivity contribution in [1.29, 1.82) is 0 Å². The summed E-state index contributed by atoms with van der Waals surface area (Å²) in [6.45, 7) is 1.42. The van der Waals surface area contributed by atoms with Crippen molar-refractivity contribution < 1.29 is 18.0 Å². The van der Waals surface area contributed by atoms with Gasteiger partial charge < -0.3 is 4.90 Å². The van der Waals surface area contributed by atoms with Gasteiger partial charge in [0, 0.05) is 30.9 Å². The predicted molar refractivity (Wildman–Crippen MR) is 91.7 cm³/mol. The average molecular weight is 346 g/mol. The van der Waals surface area contributed by atoms with Crippen molar-refractivity contribution in [2.24, 2.45) is 0 Å². The van der Waals surface area contributed by atoms with Crippen molar-refractivity contribution in [1.82, 2.24) is 4.90 Å². The highest BCUT2D eigenvalue weighted by Gasteiger charge is 2.15. The van der Waals surface area contributed by atoms with Crippen LogP contribution in [0.1, 0.15) is 27.6 Å². The number of carbonyl (C=O) groups is 2. The fourth-order valence-electron chi connectivity index (χ4n) is 2.02. The van der Waals surface area contributed by atoms with Gasteiger partial charge in [0.2, 0.25) is 0 Å². The Morgan fingerprint density at radius 3 is 1.83 bits per heavy atom. The molecule has 0 radical (unpaired) electrons. The number of hydrogen-bond acceptors (Lipinski definition) is 4. The molecule has 0 atom stereocenters. The number of nitrogens with one attached hydrogen (secondary N) is 1. The lowest BCUT2D eigenvalue weighted by Gasteiger charge is -2.12. The largest absolute Gasteiger partial charge is 0.345 e. The van der Waals surface area contributed by atoms with Crippen molar-refractivity contribution >= 4 is 27.4 Å². The number of benzene rings is 2. The number of anilines is 1. The van der Waals surface area contributed by atoms with Crippen LogP contribution in [0, 0.1) is 0 Å². The van der Waals surface area contributed by atoms with Crippen LogP contribution >= 0.6 is 0 Å². The highest BCUT2D eigenvalue weighted by atomic mass is 32.2. The number of hydrogen-bond donors (Lipinski definition) is 1. The number of carbonyl (C=O) groups excluding carboxylic acids is 2. The van der Waals surface area contributed by atoms with Gasteiger partial charge in [0.15, 0.2) is 5.78 Å². The molecule has 2 aromatic carbocycles. The number of Topliss-reactive ketones (excluding diaryl/α,β-unsaturated/α-hetero) is 1. The van der Waals surface area contributed by atoms with Crippen molar-refractivity contribution in [3.63, 3.8) is 0 Å². The molecular weight excluding hydrogens is 328 g/mol. The molecule has 0 heterocycles. The molecule has 6 nitrogen and oxygen atoms in total. The van der Waals surface area contributed by atoms with Gasteiger partial charge in [0.25, 0.3) is 15.9 Å². The summed E-state index contributed by atoms with van der Waals surface area (Å²) in [5, 5.41) is 0. The second-order valence-electron chi connectivity index (χ2n) is 5.46. The van der Waals surface area contributed by atoms with E-state index in [4.69, 9.17) is 0 Å². The van der Waals surface area contributed by atoms with E-state index in [1.165, 1.54) is 48.2 Å². The number of ketones is 1. The summed E-state index contributed by atoms with van der Waals surface area (Å²) in [5.74, 6) is -0.294. The smallest absolute Gasteiger partial charge is 0.261 e. The third-order valence-electron chi connectivity index (χ3n) is 3.36. The van der Waals surface area contributed by atoms with Crippen LogP contribution in [0.15, 0.2) is 53.4 Å². The van der Waals surface area contributed by atoms with Crippen LogP contribution < -0.4 is 4.72 Å². The molecule has 0 aliphatic rings. The maximum absolute atomic E-state index is 12.3. The minimum atomic E-state index is -3.76. The Morgan fingerprint density at radius 2 is 1.38 bits per heavy atom. The van der Waals surface area contributed by atoms with Crippen molar-refractivity contribution in [2.75, 3.05) is 18.8 Å². The van der Waals surface area contributed by atoms with Crippen LogP contribution in [0.5, 0.6) is 0 Å². The molecule has 2 aromatic rings. The molecule has 2 rings (SSSR count). The summed E-state index contributed by atoms with van der Waals surface area (Å²) < 4.78 is 27.1. The topological polar surface area (TPSA) is 83.5 Å². The molecule has 0 bridgehead atoms. The molecule has 1 N–H and O–H groups in total. The fraction of sp³-hybridized carbons (Fsp3) is 0.176. The van der Waals surface area contributed by atoms with Crippen LogP contribution in [0.4, 0.5) is 5.69 Å². The summed E-state index contributed by atoms with van der Waals surface area (Å²) in [6.07, 6.45) is 0. The zero-order valence-electron chi connectivity index (χ0n) is 13.6. The average Bonchev–Trinajstić information content (AvgIpc) is 2.54. The first-order chi connectivity index (χ1) is 11.2. The minimum Gasteiger partial charge on any atom is -0.345 e. The summed E-state index contributed by atoms with van der Waals surface area (Å²) in [5.41, 5.74) is 1.26. The normalized spacial score (nSPS) is 11.0. The van der Waals surface area contributed by atoms with Crippen LogP contribution in [-0.4, -0.2) is 39.1 Å². The maximum atomic E-state index is 12.3. The van der Waals surface area contributed by atoms with E-state index in [1.54, 1.807) is 26.2 Å². The Hall–Kier alpha value is -2.67. The molecule has 0 saturated carbocycles. The number of rotatable bonds is 5. The summed E-state index contributed by atoms with van der Waals surface area (Å²) >= 11 is 0. The van der Waals surface area contributed by atoms with Gasteiger partial charge in [-0.25, -0.2) is 8.42 Å². The van der Waals surface area contributed by atoms with Gasteiger partial charge in [-0.05, 0) is 43.3 Å². The van der Waals surface area contributed by atoms with E-state index < -0.39 is 10.0 Å². The second kappa shape index (κ2) is 6.84. The molecule has 126 valence electrons. The zero-order valence-corrected chi connectivity index (χ0v) is 14.4. The lowest BCUT2D eigenvalue weighted by atomic mass is 10.2. The van der Waals surface area contributed by atoms with Crippen molar-refractivity contribution in [3.05, 3.63) is 59.7 Å². The number of nitrogens with zero attached hydrogens (tertiary/aromatic N) is 1. The van der Waals surface area contributed by atoms with E-state index in [0.717, 1.165) is 0 Å². The first kappa shape index (κ1) is 17.7. The molecule has 24 heavy (non-hydrogen) atoms. The van der Waals surface area contributed by atoms with Gasteiger partial charge in [0.1, 0.15) is 0 Å². The van der Waals surface area contributed by atoms with E-state index in [2.05, 4.69) is 4.72 Å². The Labute approximate surface area is 141 Å². The molecular formula is C17H18N2O4S. The summed E-state index contributed by atoms with van der Waals surface area (Å²) in [7, 11) is -0.477. The molecule has 0 fully saturated rings. The summed E-state index contributed by atoms with van der Waals surface area (Å²) in [4.78, 5) is 24.5. The zero-order chi connectivity index (χ0) is 17.9. The fourth-order valence-corrected chi connectivity index (χ4v) is 3.08. The molecule has 0 unspecified atom stereocenters. The van der Waals surface area contributed by atoms with E-state index in [-0.39, 0.29) is 16.6 Å². The van der Waals surface area contributed by atoms with Gasteiger partial charge in [-0.1, -0.05) is 12.1 Å². The Bertz CT molecular complexity index is 854. The van der Waals surface area contributed by atoms with Crippen LogP contribution in [0.25, 0.3) is 0 Å². The number of sulfonamides is 1. The monoisotopic (exact) mass is 346 g/mol. The van der Waals surface area contributed by atoms with E-state index >= 15 is 0 Å². The lowest BCUT2D eigenvalue weighted by molar-refractivity contribution is 0.0827. The molecule has 0 aromatic heterocycles. The first-order valence-electron chi connectivity index (χ1n) is 7.16. The first-order valence-corrected chi connectivity index (χ1v) is 8.64. The summed E-state index contributed by atoms with van der Waals surface area (Å²) in [6, 6.07) is 11.9. The van der Waals surface area contributed by atoms with Gasteiger partial charge in [0.05, 0.1) is 4.90 Å². The highest BCUT2D eigenvalue weighted by Crippen LogP contribution is 2.18. The maximum Gasteiger partial charge on any atom is 0.261 e. The SMILES string of the molecule is CC(=O)c1ccc(S(=O)(=O)Nc2ccc(C(=O)N(C)C)cc2)cc1. The minimum absolute atomic E-state index is 0.0564. The van der Waals surface area contributed by atoms with Crippen LogP contribution in [0.2, 0.25) is 0 Å². The standard InChI is InChI=1S/C17H18N2O4S/c1-12(20)13-6-10-16(11-7-13)24(22,23)18-15-8-4-14(5-9-15)17(21)19(2)3/h4-11,18H,1-3H3. The highest BCUT2D eigenvalue weighted by molar-refractivity contribution is 7.92. The molecule has 7 heteroatoms. The van der Waals surface area contributed by atoms with E-state index in [0.29, 0.717) is 16.8 Å². The number of amides is 1. The van der Waals surface area contributed by atoms with Crippen LogP contribution in [-0.2, 0) is 10.0 Å². The van der Waals surface area contributed by atoms with E-state index in [1.807, 2.05) is 0 Å². The lowest BCUT2D eigenvalue weighted by Crippen LogP contribution is -2.21. The quantitative estimate of drug-likeness (QED) is 0.843. The van der Waals surface area contributed by atoms with Gasteiger partial charge in [-0.3, -0.25) is 14.3 Å². The predicted octanol–water partition coefficient (Wildman–Crippen LogP) is 2.39. The van der Waals surface area contributed by atoms with Gasteiger partial charge in [-0.15, -0.1) is 0 Å². The molecule has 1 amide bonds. The molecule has 0 spiro atoms. The van der Waals surface area contributed by atoms with E-state index in [9.17, 15) is 18.0 Å². The Balaban J connectivity index is 2.20. The second-order valence-corrected chi connectivity index (χ2v) is 7.15. The Morgan fingerprint density at radius 1 is 0.875 bits per heavy atom. The van der Waals surface area contributed by atoms with Gasteiger partial charge >= 0.3 is 0 Å². The van der Waals surface area contributed by atoms with Crippen molar-refractivity contribution in [3.8, 4) is 0 Å². The molecule has 0 aliphatic carbocycles. The van der Waals surface area contributed by atoms with Crippen LogP contribution in [0.3, 0.4) is 0 Å². The third kappa shape index (κ3) is 3.99. The van der Waals surface area contributed by atoms with Gasteiger partial charge in [-0.2, -0.15) is 0 Å². The van der Waals surface area contributed by atoms with Crippen molar-refractivity contribution in [2.45, 2.75) is 11.8 Å². The Kier molecular flexibility index (Phi) is 5.04. The molecule has 0 aliphatic heterocycles.